The van der Waals surface area contributed by atoms with Crippen molar-refractivity contribution in [3.63, 3.8) is 0 Å². The van der Waals surface area contributed by atoms with E-state index in [0.29, 0.717) is 5.92 Å². The molecule has 2 aliphatic rings. The van der Waals surface area contributed by atoms with Crippen LogP contribution in [0.25, 0.3) is 10.4 Å². The molecular formula is C20H22N2O3S. The lowest BCUT2D eigenvalue weighted by Crippen LogP contribution is -2.18. The number of pyridine rings is 1. The fourth-order valence-electron chi connectivity index (χ4n) is 3.67. The van der Waals surface area contributed by atoms with Crippen molar-refractivity contribution in [2.45, 2.75) is 45.6 Å². The van der Waals surface area contributed by atoms with Crippen LogP contribution in [0.15, 0.2) is 22.1 Å². The van der Waals surface area contributed by atoms with E-state index < -0.39 is 12.0 Å². The Labute approximate surface area is 156 Å². The first-order valence-electron chi connectivity index (χ1n) is 8.95. The highest BCUT2D eigenvalue weighted by Crippen LogP contribution is 2.45. The number of hydrogen-bond donors (Lipinski definition) is 1. The monoisotopic (exact) mass is 370 g/mol. The summed E-state index contributed by atoms with van der Waals surface area (Å²) in [5.41, 5.74) is 4.95. The number of hydrogen-bond acceptors (Lipinski definition) is 4. The molecule has 1 unspecified atom stereocenters. The summed E-state index contributed by atoms with van der Waals surface area (Å²) in [7, 11) is 1.73. The molecule has 4 rings (SSSR count). The summed E-state index contributed by atoms with van der Waals surface area (Å²) >= 11 is 1.72. The normalized spacial score (nSPS) is 18.7. The Hall–Kier alpha value is -2.21. The highest BCUT2D eigenvalue weighted by atomic mass is 32.1. The molecule has 0 aromatic carbocycles. The van der Waals surface area contributed by atoms with Crippen molar-refractivity contribution in [1.29, 1.82) is 0 Å². The minimum atomic E-state index is -0.894. The van der Waals surface area contributed by atoms with E-state index in [1.807, 2.05) is 6.20 Å². The van der Waals surface area contributed by atoms with Crippen LogP contribution in [0.3, 0.4) is 0 Å². The van der Waals surface area contributed by atoms with Crippen molar-refractivity contribution >= 4 is 23.0 Å². The Morgan fingerprint density at radius 1 is 1.38 bits per heavy atom. The van der Waals surface area contributed by atoms with Crippen molar-refractivity contribution in [1.82, 2.24) is 4.57 Å². The molecule has 3 heterocycles. The number of rotatable bonds is 4. The Kier molecular flexibility index (Phi) is 4.10. The maximum Gasteiger partial charge on any atom is 0.305 e. The molecule has 2 aromatic heterocycles. The Bertz CT molecular complexity index is 995. The van der Waals surface area contributed by atoms with Gasteiger partial charge in [0.1, 0.15) is 0 Å². The average Bonchev–Trinajstić information content (AvgIpc) is 3.34. The molecule has 0 spiro atoms. The predicted octanol–water partition coefficient (Wildman–Crippen LogP) is 3.85. The number of carboxylic acids is 1. The van der Waals surface area contributed by atoms with Crippen molar-refractivity contribution in [3.05, 3.63) is 44.2 Å². The van der Waals surface area contributed by atoms with Crippen molar-refractivity contribution in [2.24, 2.45) is 18.0 Å². The summed E-state index contributed by atoms with van der Waals surface area (Å²) in [4.78, 5) is 31.0. The highest BCUT2D eigenvalue weighted by molar-refractivity contribution is 7.16. The van der Waals surface area contributed by atoms with Gasteiger partial charge in [0.2, 0.25) is 0 Å². The zero-order valence-electron chi connectivity index (χ0n) is 15.2. The summed E-state index contributed by atoms with van der Waals surface area (Å²) in [5, 5.41) is 9.40. The van der Waals surface area contributed by atoms with Gasteiger partial charge < -0.3 is 9.67 Å². The van der Waals surface area contributed by atoms with Gasteiger partial charge in [0.15, 0.2) is 0 Å². The van der Waals surface area contributed by atoms with E-state index in [1.54, 1.807) is 29.0 Å². The van der Waals surface area contributed by atoms with E-state index in [1.165, 1.54) is 23.3 Å². The number of carboxylic acid groups (broad SMARTS) is 1. The van der Waals surface area contributed by atoms with E-state index in [0.717, 1.165) is 33.7 Å². The SMILES string of the molecule is Cc1sc2c(c1C)C(CC1CC1)=NC(CC(=O)O)c1cc(=O)n(C)cc1-2. The molecule has 1 aliphatic carbocycles. The largest absolute Gasteiger partial charge is 0.481 e. The number of carbonyl (C=O) groups is 1. The van der Waals surface area contributed by atoms with Gasteiger partial charge in [0.05, 0.1) is 12.5 Å². The van der Waals surface area contributed by atoms with Crippen molar-refractivity contribution in [3.8, 4) is 10.4 Å². The predicted molar refractivity (Wildman–Crippen MR) is 103 cm³/mol. The second-order valence-electron chi connectivity index (χ2n) is 7.42. The maximum absolute atomic E-state index is 12.3. The fourth-order valence-corrected chi connectivity index (χ4v) is 4.88. The van der Waals surface area contributed by atoms with Gasteiger partial charge in [-0.3, -0.25) is 14.6 Å². The lowest BCUT2D eigenvalue weighted by atomic mass is 9.96. The average molecular weight is 370 g/mol. The van der Waals surface area contributed by atoms with Gasteiger partial charge in [-0.05, 0) is 50.2 Å². The zero-order valence-corrected chi connectivity index (χ0v) is 16.0. The summed E-state index contributed by atoms with van der Waals surface area (Å²) in [6, 6.07) is 1.06. The lowest BCUT2D eigenvalue weighted by molar-refractivity contribution is -0.137. The number of nitrogens with zero attached hydrogens (tertiary/aromatic N) is 2. The van der Waals surface area contributed by atoms with Gasteiger partial charge in [0.25, 0.3) is 5.56 Å². The molecule has 5 nitrogen and oxygen atoms in total. The second-order valence-corrected chi connectivity index (χ2v) is 8.64. The third-order valence-electron chi connectivity index (χ3n) is 5.40. The zero-order chi connectivity index (χ0) is 18.6. The smallest absolute Gasteiger partial charge is 0.305 e. The summed E-state index contributed by atoms with van der Waals surface area (Å²) in [6.45, 7) is 4.23. The molecule has 2 aromatic rings. The second kappa shape index (κ2) is 6.20. The molecule has 136 valence electrons. The molecule has 0 saturated heterocycles. The molecule has 0 bridgehead atoms. The first-order valence-corrected chi connectivity index (χ1v) is 9.76. The van der Waals surface area contributed by atoms with Crippen LogP contribution in [0.2, 0.25) is 0 Å². The molecule has 1 atom stereocenters. The Morgan fingerprint density at radius 2 is 2.12 bits per heavy atom. The van der Waals surface area contributed by atoms with Crippen LogP contribution in [0, 0.1) is 19.8 Å². The summed E-state index contributed by atoms with van der Waals surface area (Å²) in [6.07, 6.45) is 5.07. The molecule has 1 N–H and O–H groups in total. The van der Waals surface area contributed by atoms with E-state index in [9.17, 15) is 14.7 Å². The lowest BCUT2D eigenvalue weighted by Gasteiger charge is -2.14. The van der Waals surface area contributed by atoms with E-state index in [4.69, 9.17) is 4.99 Å². The minimum Gasteiger partial charge on any atom is -0.481 e. The van der Waals surface area contributed by atoms with Crippen LogP contribution in [0.5, 0.6) is 0 Å². The molecular weight excluding hydrogens is 348 g/mol. The topological polar surface area (TPSA) is 71.7 Å². The highest BCUT2D eigenvalue weighted by Gasteiger charge is 2.32. The molecule has 0 radical (unpaired) electrons. The minimum absolute atomic E-state index is 0.0959. The molecule has 1 fully saturated rings. The number of aromatic nitrogens is 1. The number of aliphatic imine (C=N–C) groups is 1. The summed E-state index contributed by atoms with van der Waals surface area (Å²) < 4.78 is 1.57. The van der Waals surface area contributed by atoms with Gasteiger partial charge in [-0.25, -0.2) is 0 Å². The standard InChI is InChI=1S/C20H22N2O3S/c1-10-11(2)26-20-14-9-22(3)17(23)7-13(14)15(8-18(24)25)21-16(19(10)20)6-12-4-5-12/h7,9,12,15H,4-6,8H2,1-3H3,(H,24,25). The van der Waals surface area contributed by atoms with Crippen molar-refractivity contribution in [2.75, 3.05) is 0 Å². The first kappa shape index (κ1) is 17.2. The number of aryl methyl sites for hydroxylation is 2. The summed E-state index contributed by atoms with van der Waals surface area (Å²) in [5.74, 6) is -0.242. The van der Waals surface area contributed by atoms with E-state index in [2.05, 4.69) is 13.8 Å². The van der Waals surface area contributed by atoms with Gasteiger partial charge >= 0.3 is 5.97 Å². The van der Waals surface area contributed by atoms with Gasteiger partial charge in [-0.15, -0.1) is 11.3 Å². The van der Waals surface area contributed by atoms with Gasteiger partial charge in [0, 0.05) is 45.9 Å². The molecule has 6 heteroatoms. The number of fused-ring (bicyclic) bond motifs is 3. The third-order valence-corrected chi connectivity index (χ3v) is 6.64. The van der Waals surface area contributed by atoms with Crippen molar-refractivity contribution < 1.29 is 9.90 Å². The Balaban J connectivity index is 2.00. The molecule has 1 saturated carbocycles. The van der Waals surface area contributed by atoms with Gasteiger partial charge in [-0.1, -0.05) is 0 Å². The maximum atomic E-state index is 12.3. The van der Waals surface area contributed by atoms with Crippen LogP contribution in [-0.2, 0) is 11.8 Å². The van der Waals surface area contributed by atoms with Crippen LogP contribution in [0.4, 0.5) is 0 Å². The fraction of sp³-hybridized carbons (Fsp3) is 0.450. The van der Waals surface area contributed by atoms with E-state index >= 15 is 0 Å². The molecule has 0 amide bonds. The third kappa shape index (κ3) is 2.92. The molecule has 26 heavy (non-hydrogen) atoms. The van der Waals surface area contributed by atoms with Crippen LogP contribution < -0.4 is 5.56 Å². The van der Waals surface area contributed by atoms with Crippen LogP contribution in [0.1, 0.15) is 53.3 Å². The number of thiophene rings is 1. The number of aliphatic carboxylic acids is 1. The first-order chi connectivity index (χ1) is 12.3. The van der Waals surface area contributed by atoms with E-state index in [-0.39, 0.29) is 12.0 Å². The quantitative estimate of drug-likeness (QED) is 0.888. The van der Waals surface area contributed by atoms with Crippen LogP contribution >= 0.6 is 11.3 Å². The van der Waals surface area contributed by atoms with Gasteiger partial charge in [-0.2, -0.15) is 0 Å². The van der Waals surface area contributed by atoms with Crippen LogP contribution in [-0.4, -0.2) is 21.4 Å². The Morgan fingerprint density at radius 3 is 2.77 bits per heavy atom. The molecule has 1 aliphatic heterocycles.